The molecule has 7 heteroatoms. The number of nitrogens with one attached hydrogen (secondary N) is 2. The Labute approximate surface area is 206 Å². The van der Waals surface area contributed by atoms with Crippen molar-refractivity contribution in [2.24, 2.45) is 5.92 Å². The summed E-state index contributed by atoms with van der Waals surface area (Å²) in [4.78, 5) is 41.6. The second-order valence-electron chi connectivity index (χ2n) is 11.1. The minimum Gasteiger partial charge on any atom is -0.444 e. The summed E-state index contributed by atoms with van der Waals surface area (Å²) in [6, 6.07) is 3.85. The molecule has 0 aliphatic heterocycles. The summed E-state index contributed by atoms with van der Waals surface area (Å²) in [5.41, 5.74) is 2.09. The van der Waals surface area contributed by atoms with Crippen LogP contribution in [0.15, 0.2) is 18.2 Å². The van der Waals surface area contributed by atoms with Crippen molar-refractivity contribution in [1.29, 1.82) is 0 Å². The molecule has 0 radical (unpaired) electrons. The molecule has 2 atom stereocenters. The molecular formula is C27H45N3O4. The number of nitrogens with zero attached hydrogens (tertiary/aromatic N) is 1. The van der Waals surface area contributed by atoms with Crippen LogP contribution in [0, 0.1) is 19.8 Å². The summed E-state index contributed by atoms with van der Waals surface area (Å²) in [6.07, 6.45) is -0.225. The molecule has 34 heavy (non-hydrogen) atoms. The number of amides is 3. The maximum absolute atomic E-state index is 14.0. The molecule has 7 nitrogen and oxygen atoms in total. The van der Waals surface area contributed by atoms with Gasteiger partial charge in [-0.25, -0.2) is 4.79 Å². The minimum absolute atomic E-state index is 0.0868. The normalized spacial score (nSPS) is 13.6. The zero-order chi connectivity index (χ0) is 26.4. The maximum Gasteiger partial charge on any atom is 0.408 e. The first-order valence-corrected chi connectivity index (χ1v) is 12.2. The second-order valence-corrected chi connectivity index (χ2v) is 11.1. The molecule has 0 aromatic heterocycles. The third kappa shape index (κ3) is 8.99. The van der Waals surface area contributed by atoms with Crippen LogP contribution in [0.3, 0.4) is 0 Å². The van der Waals surface area contributed by atoms with Crippen molar-refractivity contribution >= 4 is 17.9 Å². The van der Waals surface area contributed by atoms with Crippen LogP contribution in [0.1, 0.15) is 91.5 Å². The van der Waals surface area contributed by atoms with E-state index in [9.17, 15) is 14.4 Å². The van der Waals surface area contributed by atoms with Crippen LogP contribution < -0.4 is 10.6 Å². The first-order valence-electron chi connectivity index (χ1n) is 12.2. The molecule has 192 valence electrons. The van der Waals surface area contributed by atoms with Crippen LogP contribution in [0.2, 0.25) is 0 Å². The zero-order valence-electron chi connectivity index (χ0n) is 22.9. The molecule has 1 rings (SSSR count). The Kier molecular flexibility index (Phi) is 10.6. The van der Waals surface area contributed by atoms with Crippen molar-refractivity contribution in [3.8, 4) is 0 Å². The SMILES string of the molecule is Cc1ccc(C(C(=O)NC(C)C)N(C(=O)C(CC(C)C)NC(=O)OC(C)(C)C)C(C)C)c(C)c1. The number of carbonyl (C=O) groups is 3. The van der Waals surface area contributed by atoms with E-state index in [1.54, 1.807) is 25.7 Å². The van der Waals surface area contributed by atoms with Crippen molar-refractivity contribution in [2.75, 3.05) is 0 Å². The molecular weight excluding hydrogens is 430 g/mol. The molecule has 2 unspecified atom stereocenters. The second kappa shape index (κ2) is 12.2. The van der Waals surface area contributed by atoms with E-state index in [1.165, 1.54) is 0 Å². The van der Waals surface area contributed by atoms with Gasteiger partial charge in [0.2, 0.25) is 11.8 Å². The summed E-state index contributed by atoms with van der Waals surface area (Å²) < 4.78 is 5.42. The van der Waals surface area contributed by atoms with E-state index in [0.717, 1.165) is 16.7 Å². The third-order valence-corrected chi connectivity index (χ3v) is 5.18. The first-order chi connectivity index (χ1) is 15.5. The van der Waals surface area contributed by atoms with Crippen LogP contribution in [-0.2, 0) is 14.3 Å². The topological polar surface area (TPSA) is 87.7 Å². The van der Waals surface area contributed by atoms with Crippen LogP contribution in [0.5, 0.6) is 0 Å². The molecule has 0 saturated carbocycles. The van der Waals surface area contributed by atoms with Gasteiger partial charge in [0.05, 0.1) is 0 Å². The van der Waals surface area contributed by atoms with Crippen molar-refractivity contribution in [3.63, 3.8) is 0 Å². The highest BCUT2D eigenvalue weighted by molar-refractivity contribution is 5.92. The molecule has 0 heterocycles. The maximum atomic E-state index is 14.0. The molecule has 3 amide bonds. The van der Waals surface area contributed by atoms with E-state index < -0.39 is 23.8 Å². The monoisotopic (exact) mass is 475 g/mol. The predicted octanol–water partition coefficient (Wildman–Crippen LogP) is 5.05. The fraction of sp³-hybridized carbons (Fsp3) is 0.667. The summed E-state index contributed by atoms with van der Waals surface area (Å²) in [5.74, 6) is -0.412. The number of carbonyl (C=O) groups excluding carboxylic acids is 3. The molecule has 0 saturated heterocycles. The Hall–Kier alpha value is -2.57. The van der Waals surface area contributed by atoms with Crippen LogP contribution in [0.25, 0.3) is 0 Å². The summed E-state index contributed by atoms with van der Waals surface area (Å²) >= 11 is 0. The molecule has 0 bridgehead atoms. The molecule has 1 aromatic carbocycles. The lowest BCUT2D eigenvalue weighted by Gasteiger charge is -2.38. The fourth-order valence-electron chi connectivity index (χ4n) is 3.92. The average Bonchev–Trinajstić information content (AvgIpc) is 2.62. The number of rotatable bonds is 9. The van der Waals surface area contributed by atoms with Gasteiger partial charge in [-0.15, -0.1) is 0 Å². The van der Waals surface area contributed by atoms with Crippen molar-refractivity contribution < 1.29 is 19.1 Å². The number of ether oxygens (including phenoxy) is 1. The molecule has 2 N–H and O–H groups in total. The van der Waals surface area contributed by atoms with E-state index in [4.69, 9.17) is 4.74 Å². The van der Waals surface area contributed by atoms with Gasteiger partial charge >= 0.3 is 6.09 Å². The van der Waals surface area contributed by atoms with Crippen LogP contribution >= 0.6 is 0 Å². The Morgan fingerprint density at radius 1 is 0.971 bits per heavy atom. The molecule has 0 fully saturated rings. The van der Waals surface area contributed by atoms with Gasteiger partial charge in [0.25, 0.3) is 0 Å². The standard InChI is InChI=1S/C27H45N3O4/c1-16(2)14-22(29-26(33)34-27(9,10)11)25(32)30(18(5)6)23(24(31)28-17(3)4)21-13-12-19(7)15-20(21)8/h12-13,15-18,22-23H,14H2,1-11H3,(H,28,31)(H,29,33). The smallest absolute Gasteiger partial charge is 0.408 e. The van der Waals surface area contributed by atoms with E-state index in [-0.39, 0.29) is 29.8 Å². The molecule has 1 aromatic rings. The van der Waals surface area contributed by atoms with Crippen molar-refractivity contribution in [2.45, 2.75) is 112 Å². The average molecular weight is 476 g/mol. The summed E-state index contributed by atoms with van der Waals surface area (Å²) in [6.45, 7) is 20.8. The largest absolute Gasteiger partial charge is 0.444 e. The van der Waals surface area contributed by atoms with E-state index >= 15 is 0 Å². The Bertz CT molecular complexity index is 856. The number of alkyl carbamates (subject to hydrolysis) is 1. The molecule has 0 aliphatic rings. The van der Waals surface area contributed by atoms with E-state index in [0.29, 0.717) is 6.42 Å². The Balaban J connectivity index is 3.51. The van der Waals surface area contributed by atoms with Gasteiger partial charge < -0.3 is 20.3 Å². The van der Waals surface area contributed by atoms with Crippen molar-refractivity contribution in [1.82, 2.24) is 15.5 Å². The van der Waals surface area contributed by atoms with Crippen LogP contribution in [-0.4, -0.2) is 46.5 Å². The lowest BCUT2D eigenvalue weighted by atomic mass is 9.94. The van der Waals surface area contributed by atoms with Gasteiger partial charge in [0.1, 0.15) is 17.7 Å². The van der Waals surface area contributed by atoms with Gasteiger partial charge in [0.15, 0.2) is 0 Å². The van der Waals surface area contributed by atoms with Crippen molar-refractivity contribution in [3.05, 3.63) is 34.9 Å². The number of benzene rings is 1. The highest BCUT2D eigenvalue weighted by Gasteiger charge is 2.38. The highest BCUT2D eigenvalue weighted by atomic mass is 16.6. The quantitative estimate of drug-likeness (QED) is 0.523. The number of hydrogen-bond acceptors (Lipinski definition) is 4. The van der Waals surface area contributed by atoms with Gasteiger partial charge in [-0.05, 0) is 85.8 Å². The fourth-order valence-corrected chi connectivity index (χ4v) is 3.92. The zero-order valence-corrected chi connectivity index (χ0v) is 22.9. The lowest BCUT2D eigenvalue weighted by Crippen LogP contribution is -2.55. The predicted molar refractivity (Wildman–Crippen MR) is 137 cm³/mol. The molecule has 0 spiro atoms. The Morgan fingerprint density at radius 3 is 2.00 bits per heavy atom. The van der Waals surface area contributed by atoms with Crippen LogP contribution in [0.4, 0.5) is 4.79 Å². The third-order valence-electron chi connectivity index (χ3n) is 5.18. The van der Waals surface area contributed by atoms with Gasteiger partial charge in [-0.1, -0.05) is 37.6 Å². The van der Waals surface area contributed by atoms with Gasteiger partial charge in [0, 0.05) is 12.1 Å². The Morgan fingerprint density at radius 2 is 1.56 bits per heavy atom. The van der Waals surface area contributed by atoms with E-state index in [2.05, 4.69) is 10.6 Å². The number of hydrogen-bond donors (Lipinski definition) is 2. The van der Waals surface area contributed by atoms with Gasteiger partial charge in [-0.2, -0.15) is 0 Å². The lowest BCUT2D eigenvalue weighted by molar-refractivity contribution is -0.145. The minimum atomic E-state index is -0.828. The number of aryl methyl sites for hydroxylation is 2. The first kappa shape index (κ1) is 29.5. The summed E-state index contributed by atoms with van der Waals surface area (Å²) in [5, 5.41) is 5.75. The van der Waals surface area contributed by atoms with Gasteiger partial charge in [-0.3, -0.25) is 9.59 Å². The van der Waals surface area contributed by atoms with E-state index in [1.807, 2.05) is 73.6 Å². The highest BCUT2D eigenvalue weighted by Crippen LogP contribution is 2.29. The molecule has 0 aliphatic carbocycles. The summed E-state index contributed by atoms with van der Waals surface area (Å²) in [7, 11) is 0.